The van der Waals surface area contributed by atoms with Crippen LogP contribution in [0.15, 0.2) is 426 Å². The van der Waals surface area contributed by atoms with Crippen molar-refractivity contribution in [3.05, 3.63) is 443 Å². The van der Waals surface area contributed by atoms with E-state index in [-0.39, 0.29) is 0 Å². The molecular weight excluding hydrogens is 1580 g/mol. The maximum atomic E-state index is 5.00. The van der Waals surface area contributed by atoms with Crippen LogP contribution in [-0.4, -0.2) is 84.7 Å². The molecule has 17 nitrogen and oxygen atoms in total. The molecule has 129 heavy (non-hydrogen) atoms. The molecule has 0 spiro atoms. The van der Waals surface area contributed by atoms with Crippen LogP contribution >= 0.6 is 0 Å². The molecule has 21 aromatic rings. The highest BCUT2D eigenvalue weighted by Gasteiger charge is 2.20. The first-order chi connectivity index (χ1) is 63.6. The molecule has 0 saturated carbocycles. The van der Waals surface area contributed by atoms with Crippen molar-refractivity contribution in [3.8, 4) is 203 Å². The number of hydrogen-bond acceptors (Lipinski definition) is 17. The summed E-state index contributed by atoms with van der Waals surface area (Å²) in [5.41, 5.74) is 29.0. The zero-order valence-corrected chi connectivity index (χ0v) is 70.5. The summed E-state index contributed by atoms with van der Waals surface area (Å²) in [4.78, 5) is 79.3. The van der Waals surface area contributed by atoms with E-state index >= 15 is 0 Å². The fourth-order valence-electron chi connectivity index (χ4n) is 15.0. The Kier molecular flexibility index (Phi) is 23.9. The lowest BCUT2D eigenvalue weighted by atomic mass is 10.0. The molecule has 21 rings (SSSR count). The van der Waals surface area contributed by atoms with Crippen LogP contribution in [0.25, 0.3) is 203 Å². The van der Waals surface area contributed by atoms with Crippen molar-refractivity contribution in [2.75, 3.05) is 0 Å². The van der Waals surface area contributed by atoms with Gasteiger partial charge in [-0.1, -0.05) is 284 Å². The van der Waals surface area contributed by atoms with Crippen LogP contribution < -0.4 is 0 Å². The number of benzene rings is 12. The van der Waals surface area contributed by atoms with Gasteiger partial charge < -0.3 is 0 Å². The van der Waals surface area contributed by atoms with Gasteiger partial charge in [0.05, 0.1) is 0 Å². The number of aromatic nitrogens is 17. The first-order valence-electron chi connectivity index (χ1n) is 42.2. The highest BCUT2D eigenvalue weighted by Crippen LogP contribution is 2.37. The molecule has 0 radical (unpaired) electrons. The molecular formula is C112H79N17. The first-order valence-corrected chi connectivity index (χ1v) is 42.2. The van der Waals surface area contributed by atoms with E-state index < -0.39 is 0 Å². The summed E-state index contributed by atoms with van der Waals surface area (Å²) < 4.78 is 0. The normalized spacial score (nSPS) is 10.9. The standard InChI is InChI=1S/2C38H27N5.C36H25N7/c1-26-12-14-27(15-13-26)28-16-18-29(19-17-28)36-41-37(32-8-2-6-30(22-32)34-10-4-20-39-24-34)43-38(42-36)33-9-3-7-31(23-33)35-11-5-21-40-25-35;1-26-8-10-27(11-9-26)28-12-14-31(15-13-28)36-41-37(34-6-2-4-32(24-34)29-16-20-39-21-17-29)43-38(42-36)35-7-3-5-33(25-35)30-18-22-40-23-19-30;1-24-10-12-25(13-11-24)26-14-16-27(17-15-26)34-41-35(30-8-2-6-28(22-30)32-37-18-4-19-38-32)43-36(42-34)31-9-3-7-29(23-31)33-39-20-5-21-40-33/h2*2-25H,1H3;2-23H,1H3. The average molecular weight is 1660 g/mol. The molecule has 0 aliphatic rings. The van der Waals surface area contributed by atoms with Gasteiger partial charge in [-0.3, -0.25) is 19.9 Å². The summed E-state index contributed by atoms with van der Waals surface area (Å²) >= 11 is 0. The first kappa shape index (κ1) is 81.1. The Morgan fingerprint density at radius 1 is 0.124 bits per heavy atom. The number of pyridine rings is 4. The molecule has 0 aliphatic carbocycles. The second-order valence-corrected chi connectivity index (χ2v) is 30.8. The van der Waals surface area contributed by atoms with Crippen molar-refractivity contribution in [3.63, 3.8) is 0 Å². The molecule has 12 aromatic carbocycles. The van der Waals surface area contributed by atoms with Gasteiger partial charge in [0.1, 0.15) is 0 Å². The van der Waals surface area contributed by atoms with E-state index in [9.17, 15) is 0 Å². The van der Waals surface area contributed by atoms with Crippen LogP contribution in [0.2, 0.25) is 0 Å². The summed E-state index contributed by atoms with van der Waals surface area (Å²) in [6, 6.07) is 119. The maximum absolute atomic E-state index is 5.00. The van der Waals surface area contributed by atoms with Gasteiger partial charge in [-0.05, 0) is 172 Å². The Hall–Kier alpha value is -17.6. The summed E-state index contributed by atoms with van der Waals surface area (Å²) in [5, 5.41) is 0. The predicted molar refractivity (Wildman–Crippen MR) is 514 cm³/mol. The van der Waals surface area contributed by atoms with E-state index in [1.54, 1.807) is 74.1 Å². The fraction of sp³-hybridized carbons (Fsp3) is 0.0268. The Labute approximate surface area is 746 Å². The van der Waals surface area contributed by atoms with Crippen LogP contribution in [0.4, 0.5) is 0 Å². The molecule has 0 fully saturated rings. The van der Waals surface area contributed by atoms with E-state index in [1.807, 2.05) is 146 Å². The van der Waals surface area contributed by atoms with E-state index in [1.165, 1.54) is 27.8 Å². The minimum Gasteiger partial charge on any atom is -0.265 e. The van der Waals surface area contributed by atoms with Gasteiger partial charge in [-0.15, -0.1) is 0 Å². The van der Waals surface area contributed by atoms with E-state index in [4.69, 9.17) is 44.9 Å². The summed E-state index contributed by atoms with van der Waals surface area (Å²) in [6.45, 7) is 6.29. The van der Waals surface area contributed by atoms with Crippen molar-refractivity contribution in [2.45, 2.75) is 20.8 Å². The Balaban J connectivity index is 0.000000126. The monoisotopic (exact) mass is 1660 g/mol. The van der Waals surface area contributed by atoms with Crippen molar-refractivity contribution in [1.29, 1.82) is 0 Å². The van der Waals surface area contributed by atoms with Crippen molar-refractivity contribution >= 4 is 0 Å². The lowest BCUT2D eigenvalue weighted by Crippen LogP contribution is -2.01. The van der Waals surface area contributed by atoms with E-state index in [0.717, 1.165) is 128 Å². The van der Waals surface area contributed by atoms with Crippen LogP contribution in [0.1, 0.15) is 16.7 Å². The quantitative estimate of drug-likeness (QED) is 0.0779. The topological polar surface area (TPSA) is 219 Å². The zero-order valence-electron chi connectivity index (χ0n) is 70.5. The van der Waals surface area contributed by atoms with Gasteiger partial charge >= 0.3 is 0 Å². The van der Waals surface area contributed by atoms with Gasteiger partial charge in [0.15, 0.2) is 64.1 Å². The number of rotatable bonds is 18. The zero-order chi connectivity index (χ0) is 87.0. The molecule has 0 N–H and O–H groups in total. The van der Waals surface area contributed by atoms with Crippen LogP contribution in [0, 0.1) is 20.8 Å². The van der Waals surface area contributed by atoms with Gasteiger partial charge in [-0.25, -0.2) is 64.8 Å². The van der Waals surface area contributed by atoms with E-state index in [0.29, 0.717) is 64.1 Å². The minimum atomic E-state index is 0.557. The van der Waals surface area contributed by atoms with Crippen molar-refractivity contribution in [1.82, 2.24) is 84.7 Å². The molecule has 17 heteroatoms. The average Bonchev–Trinajstić information content (AvgIpc) is 0.796. The fourth-order valence-corrected chi connectivity index (χ4v) is 15.0. The highest BCUT2D eigenvalue weighted by molar-refractivity contribution is 5.81. The molecule has 0 amide bonds. The number of aryl methyl sites for hydroxylation is 3. The van der Waals surface area contributed by atoms with Gasteiger partial charge in [0, 0.05) is 147 Å². The molecule has 0 aliphatic heterocycles. The SMILES string of the molecule is Cc1ccc(-c2ccc(-c3nc(-c4cccc(-c5cccnc5)c4)nc(-c4cccc(-c5cccnc5)c4)n3)cc2)cc1.Cc1ccc(-c2ccc(-c3nc(-c4cccc(-c5ccncc5)c4)nc(-c4cccc(-c5ccncc5)c4)n3)cc2)cc1.Cc1ccc(-c2ccc(-c3nc(-c4cccc(-c5ncccn5)c4)nc(-c4cccc(-c5ncccn5)c4)n3)cc2)cc1. The largest absolute Gasteiger partial charge is 0.265 e. The van der Waals surface area contributed by atoms with Gasteiger partial charge in [0.2, 0.25) is 0 Å². The lowest BCUT2D eigenvalue weighted by Gasteiger charge is -2.11. The summed E-state index contributed by atoms with van der Waals surface area (Å²) in [6.07, 6.45) is 21.4. The van der Waals surface area contributed by atoms with Gasteiger partial charge in [0.25, 0.3) is 0 Å². The lowest BCUT2D eigenvalue weighted by molar-refractivity contribution is 1.07. The molecule has 0 bridgehead atoms. The van der Waals surface area contributed by atoms with Crippen LogP contribution in [0.5, 0.6) is 0 Å². The van der Waals surface area contributed by atoms with Crippen LogP contribution in [0.3, 0.4) is 0 Å². The second kappa shape index (κ2) is 38.0. The summed E-state index contributed by atoms with van der Waals surface area (Å²) in [7, 11) is 0. The van der Waals surface area contributed by atoms with E-state index in [2.05, 4.69) is 267 Å². The molecule has 0 atom stereocenters. The van der Waals surface area contributed by atoms with Gasteiger partial charge in [-0.2, -0.15) is 0 Å². The predicted octanol–water partition coefficient (Wildman–Crippen LogP) is 25.7. The van der Waals surface area contributed by atoms with Crippen molar-refractivity contribution in [2.24, 2.45) is 0 Å². The molecule has 9 heterocycles. The van der Waals surface area contributed by atoms with Crippen molar-refractivity contribution < 1.29 is 0 Å². The van der Waals surface area contributed by atoms with Crippen LogP contribution in [-0.2, 0) is 0 Å². The minimum absolute atomic E-state index is 0.557. The Morgan fingerprint density at radius 2 is 0.310 bits per heavy atom. The summed E-state index contributed by atoms with van der Waals surface area (Å²) in [5.74, 6) is 6.68. The Morgan fingerprint density at radius 3 is 0.550 bits per heavy atom. The number of nitrogens with zero attached hydrogens (tertiary/aromatic N) is 17. The molecule has 9 aromatic heterocycles. The highest BCUT2D eigenvalue weighted by atomic mass is 15.1. The maximum Gasteiger partial charge on any atom is 0.164 e. The molecule has 612 valence electrons. The Bertz CT molecular complexity index is 6420. The second-order valence-electron chi connectivity index (χ2n) is 30.8. The molecule has 0 saturated heterocycles. The smallest absolute Gasteiger partial charge is 0.164 e. The third kappa shape index (κ3) is 19.4. The molecule has 0 unspecified atom stereocenters. The third-order valence-corrected chi connectivity index (χ3v) is 21.9. The third-order valence-electron chi connectivity index (χ3n) is 21.9. The number of hydrogen-bond donors (Lipinski definition) is 0.